The second kappa shape index (κ2) is 6.79. The lowest BCUT2D eigenvalue weighted by atomic mass is 10.0. The Morgan fingerprint density at radius 2 is 1.67 bits per heavy atom. The van der Waals surface area contributed by atoms with Crippen molar-refractivity contribution in [2.45, 2.75) is 13.8 Å². The van der Waals surface area contributed by atoms with E-state index in [2.05, 4.69) is 0 Å². The molecule has 2 aromatic carbocycles. The molecule has 0 amide bonds. The number of benzene rings is 2. The first-order chi connectivity index (χ1) is 10.2. The summed E-state index contributed by atoms with van der Waals surface area (Å²) in [5, 5.41) is 9.29. The highest BCUT2D eigenvalue weighted by atomic mass is 16.5. The first kappa shape index (κ1) is 14.9. The lowest BCUT2D eigenvalue weighted by Crippen LogP contribution is -2.06. The molecule has 0 aliphatic carbocycles. The van der Waals surface area contributed by atoms with E-state index in [1.807, 2.05) is 13.8 Å². The number of phenols is 1. The molecule has 4 heteroatoms. The zero-order valence-electron chi connectivity index (χ0n) is 12.1. The maximum Gasteiger partial charge on any atom is 0.196 e. The minimum Gasteiger partial charge on any atom is -0.508 e. The van der Waals surface area contributed by atoms with E-state index in [0.717, 1.165) is 0 Å². The molecule has 0 bridgehead atoms. The summed E-state index contributed by atoms with van der Waals surface area (Å²) < 4.78 is 11.0. The Kier molecular flexibility index (Phi) is 4.82. The maximum absolute atomic E-state index is 12.5. The minimum atomic E-state index is -0.151. The Hall–Kier alpha value is -2.49. The predicted octanol–water partition coefficient (Wildman–Crippen LogP) is 3.42. The maximum atomic E-state index is 12.5. The molecule has 110 valence electrons. The fourth-order valence-electron chi connectivity index (χ4n) is 1.99. The molecule has 0 unspecified atom stereocenters. The van der Waals surface area contributed by atoms with Crippen molar-refractivity contribution >= 4 is 5.78 Å². The van der Waals surface area contributed by atoms with E-state index < -0.39 is 0 Å². The monoisotopic (exact) mass is 286 g/mol. The molecule has 0 atom stereocenters. The van der Waals surface area contributed by atoms with Crippen LogP contribution in [0, 0.1) is 0 Å². The van der Waals surface area contributed by atoms with Crippen molar-refractivity contribution in [1.82, 2.24) is 0 Å². The van der Waals surface area contributed by atoms with E-state index in [-0.39, 0.29) is 11.5 Å². The van der Waals surface area contributed by atoms with Gasteiger partial charge in [-0.1, -0.05) is 0 Å². The second-order valence-corrected chi connectivity index (χ2v) is 4.40. The second-order valence-electron chi connectivity index (χ2n) is 4.40. The number of hydrogen-bond acceptors (Lipinski definition) is 4. The van der Waals surface area contributed by atoms with Gasteiger partial charge >= 0.3 is 0 Å². The largest absolute Gasteiger partial charge is 0.508 e. The number of aromatic hydroxyl groups is 1. The lowest BCUT2D eigenvalue weighted by Gasteiger charge is -2.12. The van der Waals surface area contributed by atoms with E-state index >= 15 is 0 Å². The van der Waals surface area contributed by atoms with E-state index in [1.54, 1.807) is 30.3 Å². The van der Waals surface area contributed by atoms with Gasteiger partial charge in [0, 0.05) is 11.6 Å². The summed E-state index contributed by atoms with van der Waals surface area (Å²) in [6.45, 7) is 4.78. The number of phenolic OH excluding ortho intramolecular Hbond substituents is 1. The number of ether oxygens (including phenoxy) is 2. The third-order valence-electron chi connectivity index (χ3n) is 2.94. The zero-order valence-corrected chi connectivity index (χ0v) is 12.1. The predicted molar refractivity (Wildman–Crippen MR) is 80.3 cm³/mol. The fourth-order valence-corrected chi connectivity index (χ4v) is 1.99. The summed E-state index contributed by atoms with van der Waals surface area (Å²) in [6, 6.07) is 11.3. The van der Waals surface area contributed by atoms with Crippen LogP contribution in [0.4, 0.5) is 0 Å². The zero-order chi connectivity index (χ0) is 15.2. The summed E-state index contributed by atoms with van der Waals surface area (Å²) in [5.74, 6) is 1.15. The molecule has 21 heavy (non-hydrogen) atoms. The summed E-state index contributed by atoms with van der Waals surface area (Å²) in [5.41, 5.74) is 0.976. The highest BCUT2D eigenvalue weighted by molar-refractivity contribution is 6.10. The van der Waals surface area contributed by atoms with Gasteiger partial charge in [-0.3, -0.25) is 4.79 Å². The third-order valence-corrected chi connectivity index (χ3v) is 2.94. The fraction of sp³-hybridized carbons (Fsp3) is 0.235. The SMILES string of the molecule is CCOc1ccc(C(=O)c2ccc(O)cc2)c(OCC)c1. The van der Waals surface area contributed by atoms with Crippen molar-refractivity contribution in [3.8, 4) is 17.2 Å². The quantitative estimate of drug-likeness (QED) is 0.827. The smallest absolute Gasteiger partial charge is 0.196 e. The van der Waals surface area contributed by atoms with Gasteiger partial charge < -0.3 is 14.6 Å². The van der Waals surface area contributed by atoms with Crippen LogP contribution < -0.4 is 9.47 Å². The lowest BCUT2D eigenvalue weighted by molar-refractivity contribution is 0.103. The summed E-state index contributed by atoms with van der Waals surface area (Å²) in [4.78, 5) is 12.5. The molecule has 0 heterocycles. The number of carbonyl (C=O) groups excluding carboxylic acids is 1. The number of rotatable bonds is 6. The molecule has 1 N–H and O–H groups in total. The molecule has 0 fully saturated rings. The van der Waals surface area contributed by atoms with Crippen LogP contribution in [0.25, 0.3) is 0 Å². The standard InChI is InChI=1S/C17H18O4/c1-3-20-14-9-10-15(16(11-14)21-4-2)17(19)12-5-7-13(18)8-6-12/h5-11,18H,3-4H2,1-2H3. The molecular weight excluding hydrogens is 268 g/mol. The topological polar surface area (TPSA) is 55.8 Å². The summed E-state index contributed by atoms with van der Waals surface area (Å²) in [6.07, 6.45) is 0. The normalized spacial score (nSPS) is 10.2. The molecule has 0 aromatic heterocycles. The van der Waals surface area contributed by atoms with Crippen LogP contribution in [0.2, 0.25) is 0 Å². The van der Waals surface area contributed by atoms with Crippen LogP contribution in [0.15, 0.2) is 42.5 Å². The molecular formula is C17H18O4. The average Bonchev–Trinajstić information content (AvgIpc) is 2.48. The molecule has 2 rings (SSSR count). The first-order valence-electron chi connectivity index (χ1n) is 6.89. The van der Waals surface area contributed by atoms with Crippen molar-refractivity contribution in [2.24, 2.45) is 0 Å². The van der Waals surface area contributed by atoms with E-state index in [4.69, 9.17) is 9.47 Å². The van der Waals surface area contributed by atoms with Gasteiger partial charge in [0.15, 0.2) is 5.78 Å². The van der Waals surface area contributed by atoms with E-state index in [0.29, 0.717) is 35.8 Å². The summed E-state index contributed by atoms with van der Waals surface area (Å²) >= 11 is 0. The van der Waals surface area contributed by atoms with Gasteiger partial charge in [-0.15, -0.1) is 0 Å². The van der Waals surface area contributed by atoms with Gasteiger partial charge in [-0.05, 0) is 50.2 Å². The van der Waals surface area contributed by atoms with Gasteiger partial charge in [-0.2, -0.15) is 0 Å². The number of hydrogen-bond donors (Lipinski definition) is 1. The van der Waals surface area contributed by atoms with Gasteiger partial charge in [0.1, 0.15) is 17.2 Å². The summed E-state index contributed by atoms with van der Waals surface area (Å²) in [7, 11) is 0. The molecule has 2 aromatic rings. The highest BCUT2D eigenvalue weighted by Gasteiger charge is 2.15. The van der Waals surface area contributed by atoms with Gasteiger partial charge in [0.25, 0.3) is 0 Å². The molecule has 4 nitrogen and oxygen atoms in total. The first-order valence-corrected chi connectivity index (χ1v) is 6.89. The van der Waals surface area contributed by atoms with Crippen LogP contribution in [0.3, 0.4) is 0 Å². The Morgan fingerprint density at radius 3 is 2.29 bits per heavy atom. The van der Waals surface area contributed by atoms with Crippen LogP contribution in [0.5, 0.6) is 17.2 Å². The van der Waals surface area contributed by atoms with Gasteiger partial charge in [0.05, 0.1) is 18.8 Å². The molecule has 0 radical (unpaired) electrons. The molecule has 0 spiro atoms. The van der Waals surface area contributed by atoms with Crippen LogP contribution in [-0.4, -0.2) is 24.1 Å². The number of ketones is 1. The van der Waals surface area contributed by atoms with Crippen molar-refractivity contribution < 1.29 is 19.4 Å². The Bertz CT molecular complexity index is 617. The van der Waals surface area contributed by atoms with Crippen LogP contribution in [0.1, 0.15) is 29.8 Å². The van der Waals surface area contributed by atoms with E-state index in [1.165, 1.54) is 12.1 Å². The highest BCUT2D eigenvalue weighted by Crippen LogP contribution is 2.27. The Morgan fingerprint density at radius 1 is 1.00 bits per heavy atom. The average molecular weight is 286 g/mol. The molecule has 0 aliphatic heterocycles. The van der Waals surface area contributed by atoms with Crippen molar-refractivity contribution in [1.29, 1.82) is 0 Å². The van der Waals surface area contributed by atoms with Crippen molar-refractivity contribution in [3.05, 3.63) is 53.6 Å². The molecule has 0 saturated carbocycles. The van der Waals surface area contributed by atoms with Crippen molar-refractivity contribution in [2.75, 3.05) is 13.2 Å². The third kappa shape index (κ3) is 3.54. The molecule has 0 saturated heterocycles. The van der Waals surface area contributed by atoms with Gasteiger partial charge in [-0.25, -0.2) is 0 Å². The molecule has 0 aliphatic rings. The van der Waals surface area contributed by atoms with Crippen LogP contribution in [-0.2, 0) is 0 Å². The Balaban J connectivity index is 2.37. The van der Waals surface area contributed by atoms with Crippen LogP contribution >= 0.6 is 0 Å². The van der Waals surface area contributed by atoms with Gasteiger partial charge in [0.2, 0.25) is 0 Å². The minimum absolute atomic E-state index is 0.128. The van der Waals surface area contributed by atoms with E-state index in [9.17, 15) is 9.90 Å². The Labute approximate surface area is 123 Å². The van der Waals surface area contributed by atoms with Crippen molar-refractivity contribution in [3.63, 3.8) is 0 Å². The number of carbonyl (C=O) groups is 1.